The minimum absolute atomic E-state index is 0.00604. The molecule has 1 atom stereocenters. The van der Waals surface area contributed by atoms with Gasteiger partial charge in [-0.05, 0) is 42.7 Å². The smallest absolute Gasteiger partial charge is 0.221 e. The summed E-state index contributed by atoms with van der Waals surface area (Å²) in [6.45, 7) is 3.27. The van der Waals surface area contributed by atoms with E-state index in [1.165, 1.54) is 0 Å². The summed E-state index contributed by atoms with van der Waals surface area (Å²) in [6.07, 6.45) is 4.99. The highest BCUT2D eigenvalue weighted by Gasteiger charge is 2.22. The zero-order valence-electron chi connectivity index (χ0n) is 16.6. The van der Waals surface area contributed by atoms with Crippen molar-refractivity contribution in [3.8, 4) is 5.75 Å². The number of nitrogens with one attached hydrogen (secondary N) is 1. The molecule has 0 saturated heterocycles. The number of carbonyl (C=O) groups is 1. The molecule has 0 saturated carbocycles. The van der Waals surface area contributed by atoms with E-state index in [1.54, 1.807) is 14.2 Å². The van der Waals surface area contributed by atoms with E-state index in [2.05, 4.69) is 14.7 Å². The minimum Gasteiger partial charge on any atom is -0.497 e. The number of imidazole rings is 1. The van der Waals surface area contributed by atoms with Crippen LogP contribution in [-0.2, 0) is 9.53 Å². The van der Waals surface area contributed by atoms with E-state index in [1.807, 2.05) is 55.7 Å². The van der Waals surface area contributed by atoms with Crippen molar-refractivity contribution < 1.29 is 14.3 Å². The molecule has 0 aliphatic carbocycles. The largest absolute Gasteiger partial charge is 0.497 e. The van der Waals surface area contributed by atoms with Crippen molar-refractivity contribution in [2.75, 3.05) is 27.4 Å². The van der Waals surface area contributed by atoms with Gasteiger partial charge in [-0.3, -0.25) is 4.79 Å². The van der Waals surface area contributed by atoms with Crippen LogP contribution in [0.2, 0.25) is 0 Å². The lowest BCUT2D eigenvalue weighted by atomic mass is 9.92. The number of aromatic nitrogens is 2. The third-order valence-electron chi connectivity index (χ3n) is 4.85. The van der Waals surface area contributed by atoms with Gasteiger partial charge in [-0.15, -0.1) is 0 Å². The Hall–Kier alpha value is -2.86. The van der Waals surface area contributed by atoms with Crippen LogP contribution in [-0.4, -0.2) is 42.7 Å². The van der Waals surface area contributed by atoms with Gasteiger partial charge in [0.2, 0.25) is 5.91 Å². The number of carbonyl (C=O) groups excluding carboxylic acids is 1. The topological polar surface area (TPSA) is 64.9 Å². The zero-order chi connectivity index (χ0) is 19.9. The zero-order valence-corrected chi connectivity index (χ0v) is 16.6. The Balaban J connectivity index is 1.92. The van der Waals surface area contributed by atoms with Gasteiger partial charge in [0.15, 0.2) is 0 Å². The second kappa shape index (κ2) is 9.37. The fourth-order valence-electron chi connectivity index (χ4n) is 3.38. The molecule has 1 aromatic carbocycles. The number of hydrogen-bond donors (Lipinski definition) is 1. The predicted molar refractivity (Wildman–Crippen MR) is 109 cm³/mol. The van der Waals surface area contributed by atoms with Gasteiger partial charge in [0.05, 0.1) is 12.8 Å². The molecule has 6 heteroatoms. The van der Waals surface area contributed by atoms with Crippen molar-refractivity contribution in [3.63, 3.8) is 0 Å². The molecule has 6 nitrogen and oxygen atoms in total. The van der Waals surface area contributed by atoms with Crippen LogP contribution in [0.25, 0.3) is 5.65 Å². The van der Waals surface area contributed by atoms with E-state index in [0.717, 1.165) is 34.6 Å². The first-order valence-corrected chi connectivity index (χ1v) is 9.46. The molecule has 3 aromatic rings. The second-order valence-corrected chi connectivity index (χ2v) is 6.80. The van der Waals surface area contributed by atoms with Crippen LogP contribution in [0.4, 0.5) is 0 Å². The molecule has 0 aliphatic heterocycles. The fourth-order valence-corrected chi connectivity index (χ4v) is 3.38. The molecule has 3 rings (SSSR count). The highest BCUT2D eigenvalue weighted by Crippen LogP contribution is 2.31. The normalized spacial score (nSPS) is 12.1. The molecule has 0 radical (unpaired) electrons. The van der Waals surface area contributed by atoms with Crippen molar-refractivity contribution >= 4 is 11.6 Å². The van der Waals surface area contributed by atoms with Crippen LogP contribution >= 0.6 is 0 Å². The van der Waals surface area contributed by atoms with Crippen molar-refractivity contribution in [1.29, 1.82) is 0 Å². The number of rotatable bonds is 9. The van der Waals surface area contributed by atoms with Crippen molar-refractivity contribution in [1.82, 2.24) is 14.7 Å². The molecule has 148 valence electrons. The highest BCUT2D eigenvalue weighted by molar-refractivity contribution is 5.77. The lowest BCUT2D eigenvalue weighted by molar-refractivity contribution is -0.121. The molecular formula is C22H27N3O3. The number of aryl methyl sites for hydroxylation is 1. The average Bonchev–Trinajstić information content (AvgIpc) is 3.15. The van der Waals surface area contributed by atoms with Crippen LogP contribution in [0.1, 0.15) is 35.6 Å². The van der Waals surface area contributed by atoms with Crippen molar-refractivity contribution in [2.45, 2.75) is 25.7 Å². The summed E-state index contributed by atoms with van der Waals surface area (Å²) >= 11 is 0. The molecule has 0 aliphatic rings. The third kappa shape index (κ3) is 4.51. The minimum atomic E-state index is -0.130. The summed E-state index contributed by atoms with van der Waals surface area (Å²) in [6, 6.07) is 11.9. The molecule has 2 heterocycles. The van der Waals surface area contributed by atoms with Crippen LogP contribution in [0.3, 0.4) is 0 Å². The van der Waals surface area contributed by atoms with Crippen molar-refractivity contribution in [2.24, 2.45) is 0 Å². The molecule has 0 fully saturated rings. The number of fused-ring (bicyclic) bond motifs is 1. The van der Waals surface area contributed by atoms with Gasteiger partial charge in [-0.2, -0.15) is 0 Å². The fraction of sp³-hybridized carbons (Fsp3) is 0.364. The molecule has 0 unspecified atom stereocenters. The van der Waals surface area contributed by atoms with E-state index in [9.17, 15) is 4.79 Å². The number of hydrogen-bond acceptors (Lipinski definition) is 4. The Morgan fingerprint density at radius 3 is 2.89 bits per heavy atom. The lowest BCUT2D eigenvalue weighted by Crippen LogP contribution is -2.27. The molecule has 0 bridgehead atoms. The quantitative estimate of drug-likeness (QED) is 0.578. The van der Waals surface area contributed by atoms with Crippen LogP contribution in [0.5, 0.6) is 5.75 Å². The van der Waals surface area contributed by atoms with Gasteiger partial charge < -0.3 is 19.2 Å². The standard InChI is InChI=1S/C22H27N3O3/c1-16-7-5-11-25-20(15-24-22(16)25)19(14-21(26)23-10-6-12-27-2)17-8-4-9-18(13-17)28-3/h4-5,7-9,11,13,15,19H,6,10,12,14H2,1-3H3,(H,23,26)/t19-/m1/s1. The molecular weight excluding hydrogens is 354 g/mol. The van der Waals surface area contributed by atoms with Gasteiger partial charge in [-0.25, -0.2) is 4.98 Å². The second-order valence-electron chi connectivity index (χ2n) is 6.80. The maximum Gasteiger partial charge on any atom is 0.221 e. The van der Waals surface area contributed by atoms with Gasteiger partial charge in [0.25, 0.3) is 0 Å². The van der Waals surface area contributed by atoms with E-state index >= 15 is 0 Å². The summed E-state index contributed by atoms with van der Waals surface area (Å²) in [4.78, 5) is 17.2. The van der Waals surface area contributed by atoms with Crippen LogP contribution in [0, 0.1) is 6.92 Å². The van der Waals surface area contributed by atoms with Gasteiger partial charge in [0.1, 0.15) is 11.4 Å². The Bertz CT molecular complexity index is 936. The van der Waals surface area contributed by atoms with Crippen LogP contribution < -0.4 is 10.1 Å². The summed E-state index contributed by atoms with van der Waals surface area (Å²) in [5, 5.41) is 2.99. The number of pyridine rings is 1. The Kier molecular flexibility index (Phi) is 6.66. The number of methoxy groups -OCH3 is 2. The van der Waals surface area contributed by atoms with E-state index < -0.39 is 0 Å². The maximum atomic E-state index is 12.6. The number of amides is 1. The molecule has 28 heavy (non-hydrogen) atoms. The Labute approximate surface area is 165 Å². The SMILES string of the molecule is COCCCNC(=O)C[C@H](c1cccc(OC)c1)c1cnc2c(C)cccn12. The summed E-state index contributed by atoms with van der Waals surface area (Å²) in [5.74, 6) is 0.647. The molecule has 1 N–H and O–H groups in total. The van der Waals surface area contributed by atoms with Gasteiger partial charge >= 0.3 is 0 Å². The van der Waals surface area contributed by atoms with Gasteiger partial charge in [-0.1, -0.05) is 18.2 Å². The first kappa shape index (κ1) is 19.9. The number of ether oxygens (including phenoxy) is 2. The van der Waals surface area contributed by atoms with Gasteiger partial charge in [0, 0.05) is 45.0 Å². The first-order chi connectivity index (χ1) is 13.6. The summed E-state index contributed by atoms with van der Waals surface area (Å²) < 4.78 is 12.5. The van der Waals surface area contributed by atoms with Crippen LogP contribution in [0.15, 0.2) is 48.8 Å². The Morgan fingerprint density at radius 2 is 2.11 bits per heavy atom. The molecule has 2 aromatic heterocycles. The predicted octanol–water partition coefficient (Wildman–Crippen LogP) is 3.33. The average molecular weight is 381 g/mol. The van der Waals surface area contributed by atoms with E-state index in [0.29, 0.717) is 19.6 Å². The van der Waals surface area contributed by atoms with Crippen molar-refractivity contribution in [3.05, 3.63) is 65.6 Å². The molecule has 1 amide bonds. The maximum absolute atomic E-state index is 12.6. The number of nitrogens with zero attached hydrogens (tertiary/aromatic N) is 2. The Morgan fingerprint density at radius 1 is 1.25 bits per heavy atom. The van der Waals surface area contributed by atoms with E-state index in [4.69, 9.17) is 9.47 Å². The summed E-state index contributed by atoms with van der Waals surface area (Å²) in [7, 11) is 3.31. The lowest BCUT2D eigenvalue weighted by Gasteiger charge is -2.18. The van der Waals surface area contributed by atoms with E-state index in [-0.39, 0.29) is 11.8 Å². The number of benzene rings is 1. The highest BCUT2D eigenvalue weighted by atomic mass is 16.5. The first-order valence-electron chi connectivity index (χ1n) is 9.46. The summed E-state index contributed by atoms with van der Waals surface area (Å²) in [5.41, 5.74) is 4.02. The third-order valence-corrected chi connectivity index (χ3v) is 4.85. The monoisotopic (exact) mass is 381 g/mol. The molecule has 0 spiro atoms.